The highest BCUT2D eigenvalue weighted by molar-refractivity contribution is 5.86. The lowest BCUT2D eigenvalue weighted by Gasteiger charge is -2.09. The molecule has 0 aliphatic carbocycles. The van der Waals surface area contributed by atoms with Crippen LogP contribution in [0.15, 0.2) is 35.3 Å². The topological polar surface area (TPSA) is 55.5 Å². The fourth-order valence-electron chi connectivity index (χ4n) is 1.44. The normalized spacial score (nSPS) is 12.1. The van der Waals surface area contributed by atoms with E-state index in [0.29, 0.717) is 6.42 Å². The van der Waals surface area contributed by atoms with Crippen molar-refractivity contribution in [2.75, 3.05) is 6.54 Å². The Hall–Kier alpha value is -1.48. The molecule has 0 fully saturated rings. The van der Waals surface area contributed by atoms with E-state index in [0.717, 1.165) is 6.42 Å². The smallest absolute Gasteiger partial charge is 0.170 e. The van der Waals surface area contributed by atoms with Crippen LogP contribution in [0.4, 0.5) is 0 Å². The van der Waals surface area contributed by atoms with E-state index in [9.17, 15) is 4.79 Å². The number of hydrogen-bond acceptors (Lipinski definition) is 3. The molecule has 2 N–H and O–H groups in total. The van der Waals surface area contributed by atoms with Crippen LogP contribution in [0.5, 0.6) is 0 Å². The minimum absolute atomic E-state index is 0.0402. The molecule has 1 aromatic rings. The number of Topliss-reactive ketones (excluding diaryl/α,β-unsaturated/α-hetero) is 1. The summed E-state index contributed by atoms with van der Waals surface area (Å²) >= 11 is 0. The van der Waals surface area contributed by atoms with Gasteiger partial charge in [-0.2, -0.15) is 0 Å². The van der Waals surface area contributed by atoms with Crippen molar-refractivity contribution in [3.8, 4) is 0 Å². The van der Waals surface area contributed by atoms with E-state index in [1.807, 2.05) is 30.3 Å². The minimum atomic E-state index is -0.352. The third-order valence-corrected chi connectivity index (χ3v) is 2.34. The maximum absolute atomic E-state index is 11.3. The number of nitrogens with two attached hydrogens (primary N) is 1. The van der Waals surface area contributed by atoms with Crippen LogP contribution >= 0.6 is 0 Å². The van der Waals surface area contributed by atoms with Crippen LogP contribution in [-0.4, -0.2) is 25.1 Å². The maximum Gasteiger partial charge on any atom is 0.170 e. The second-order valence-electron chi connectivity index (χ2n) is 3.39. The third-order valence-electron chi connectivity index (χ3n) is 2.34. The predicted molar refractivity (Wildman–Crippen MR) is 62.2 cm³/mol. The first-order chi connectivity index (χ1) is 7.27. The number of carbonyl (C=O) groups excluding carboxylic acids is 1. The zero-order chi connectivity index (χ0) is 11.1. The minimum Gasteiger partial charge on any atom is -0.324 e. The zero-order valence-corrected chi connectivity index (χ0v) is 8.73. The summed E-state index contributed by atoms with van der Waals surface area (Å²) in [4.78, 5) is 15.1. The van der Waals surface area contributed by atoms with Crippen molar-refractivity contribution in [2.24, 2.45) is 10.7 Å². The van der Waals surface area contributed by atoms with Gasteiger partial charge in [-0.25, -0.2) is 0 Å². The summed E-state index contributed by atoms with van der Waals surface area (Å²) in [7, 11) is 0. The second-order valence-corrected chi connectivity index (χ2v) is 3.39. The molecule has 1 unspecified atom stereocenters. The van der Waals surface area contributed by atoms with Crippen molar-refractivity contribution >= 4 is 12.5 Å². The average molecular weight is 204 g/mol. The number of aryl methyl sites for hydroxylation is 1. The lowest BCUT2D eigenvalue weighted by molar-refractivity contribution is -0.118. The van der Waals surface area contributed by atoms with E-state index in [1.165, 1.54) is 5.56 Å². The van der Waals surface area contributed by atoms with Crippen LogP contribution in [0.1, 0.15) is 12.0 Å². The van der Waals surface area contributed by atoms with Crippen molar-refractivity contribution in [3.63, 3.8) is 0 Å². The molecule has 0 saturated heterocycles. The Morgan fingerprint density at radius 1 is 1.40 bits per heavy atom. The van der Waals surface area contributed by atoms with Gasteiger partial charge in [0.1, 0.15) is 6.04 Å². The van der Waals surface area contributed by atoms with E-state index in [4.69, 9.17) is 5.73 Å². The quantitative estimate of drug-likeness (QED) is 0.708. The summed E-state index contributed by atoms with van der Waals surface area (Å²) in [6.45, 7) is 3.46. The Kier molecular flexibility index (Phi) is 4.71. The van der Waals surface area contributed by atoms with Crippen molar-refractivity contribution in [2.45, 2.75) is 18.9 Å². The average Bonchev–Trinajstić information content (AvgIpc) is 2.31. The summed E-state index contributed by atoms with van der Waals surface area (Å²) in [5.41, 5.74) is 6.48. The number of ketones is 1. The van der Waals surface area contributed by atoms with Gasteiger partial charge in [-0.1, -0.05) is 30.3 Å². The summed E-state index contributed by atoms with van der Waals surface area (Å²) in [6.07, 6.45) is 1.51. The molecule has 1 rings (SSSR count). The maximum atomic E-state index is 11.3. The molecule has 80 valence electrons. The number of benzene rings is 1. The molecule has 0 saturated carbocycles. The van der Waals surface area contributed by atoms with Crippen LogP contribution in [0.2, 0.25) is 0 Å². The SMILES string of the molecule is C=NC(CCc1ccccc1)C(=O)CN. The summed E-state index contributed by atoms with van der Waals surface area (Å²) < 4.78 is 0. The van der Waals surface area contributed by atoms with E-state index >= 15 is 0 Å². The van der Waals surface area contributed by atoms with Gasteiger partial charge in [-0.05, 0) is 25.1 Å². The van der Waals surface area contributed by atoms with Crippen LogP contribution in [0.25, 0.3) is 0 Å². The number of hydrogen-bond donors (Lipinski definition) is 1. The Morgan fingerprint density at radius 3 is 2.60 bits per heavy atom. The predicted octanol–water partition coefficient (Wildman–Crippen LogP) is 1.22. The molecule has 1 aromatic carbocycles. The molecule has 0 heterocycles. The number of rotatable bonds is 6. The third kappa shape index (κ3) is 3.64. The van der Waals surface area contributed by atoms with E-state index in [2.05, 4.69) is 11.7 Å². The monoisotopic (exact) mass is 204 g/mol. The van der Waals surface area contributed by atoms with E-state index in [1.54, 1.807) is 0 Å². The van der Waals surface area contributed by atoms with Gasteiger partial charge in [-0.15, -0.1) is 0 Å². The van der Waals surface area contributed by atoms with Gasteiger partial charge in [0.15, 0.2) is 5.78 Å². The lowest BCUT2D eigenvalue weighted by Crippen LogP contribution is -2.26. The molecule has 0 aromatic heterocycles. The Morgan fingerprint density at radius 2 is 2.07 bits per heavy atom. The molecule has 0 amide bonds. The van der Waals surface area contributed by atoms with Crippen LogP contribution < -0.4 is 5.73 Å². The molecule has 0 radical (unpaired) electrons. The standard InChI is InChI=1S/C12H16N2O/c1-14-11(12(15)9-13)8-7-10-5-3-2-4-6-10/h2-6,11H,1,7-9,13H2. The zero-order valence-electron chi connectivity index (χ0n) is 8.73. The molecule has 1 atom stereocenters. The Bertz CT molecular complexity index is 322. The van der Waals surface area contributed by atoms with Crippen molar-refractivity contribution in [1.82, 2.24) is 0 Å². The largest absolute Gasteiger partial charge is 0.324 e. The van der Waals surface area contributed by atoms with Crippen molar-refractivity contribution in [1.29, 1.82) is 0 Å². The molecular weight excluding hydrogens is 188 g/mol. The molecule has 0 bridgehead atoms. The van der Waals surface area contributed by atoms with Gasteiger partial charge >= 0.3 is 0 Å². The first-order valence-corrected chi connectivity index (χ1v) is 5.00. The summed E-state index contributed by atoms with van der Waals surface area (Å²) in [6, 6.07) is 9.65. The molecule has 3 nitrogen and oxygen atoms in total. The fourth-order valence-corrected chi connectivity index (χ4v) is 1.44. The Labute approximate surface area is 90.0 Å². The Balaban J connectivity index is 2.48. The van der Waals surface area contributed by atoms with Crippen LogP contribution in [0.3, 0.4) is 0 Å². The fraction of sp³-hybridized carbons (Fsp3) is 0.333. The molecule has 0 aliphatic heterocycles. The number of aliphatic imine (C=N–C) groups is 1. The van der Waals surface area contributed by atoms with Gasteiger partial charge in [0.2, 0.25) is 0 Å². The van der Waals surface area contributed by atoms with E-state index < -0.39 is 0 Å². The number of nitrogens with zero attached hydrogens (tertiary/aromatic N) is 1. The highest BCUT2D eigenvalue weighted by atomic mass is 16.1. The van der Waals surface area contributed by atoms with Crippen molar-refractivity contribution in [3.05, 3.63) is 35.9 Å². The van der Waals surface area contributed by atoms with Gasteiger partial charge in [0.25, 0.3) is 0 Å². The van der Waals surface area contributed by atoms with Gasteiger partial charge < -0.3 is 5.73 Å². The first kappa shape index (κ1) is 11.6. The highest BCUT2D eigenvalue weighted by Crippen LogP contribution is 2.07. The highest BCUT2D eigenvalue weighted by Gasteiger charge is 2.13. The summed E-state index contributed by atoms with van der Waals surface area (Å²) in [5, 5.41) is 0. The van der Waals surface area contributed by atoms with E-state index in [-0.39, 0.29) is 18.4 Å². The molecule has 15 heavy (non-hydrogen) atoms. The van der Waals surface area contributed by atoms with Crippen LogP contribution in [-0.2, 0) is 11.2 Å². The second kappa shape index (κ2) is 6.09. The van der Waals surface area contributed by atoms with Gasteiger partial charge in [-0.3, -0.25) is 9.79 Å². The molecule has 0 aliphatic rings. The van der Waals surface area contributed by atoms with Gasteiger partial charge in [0.05, 0.1) is 6.54 Å². The lowest BCUT2D eigenvalue weighted by atomic mass is 10.0. The molecule has 0 spiro atoms. The first-order valence-electron chi connectivity index (χ1n) is 5.00. The van der Waals surface area contributed by atoms with Gasteiger partial charge in [0, 0.05) is 0 Å². The molecule has 3 heteroatoms. The van der Waals surface area contributed by atoms with Crippen LogP contribution in [0, 0.1) is 0 Å². The van der Waals surface area contributed by atoms with Crippen molar-refractivity contribution < 1.29 is 4.79 Å². The number of carbonyl (C=O) groups is 1. The molecular formula is C12H16N2O. The summed E-state index contributed by atoms with van der Waals surface area (Å²) in [5.74, 6) is -0.0408.